The summed E-state index contributed by atoms with van der Waals surface area (Å²) >= 11 is 1.59. The quantitative estimate of drug-likeness (QED) is 0.272. The fourth-order valence-electron chi connectivity index (χ4n) is 6.62. The number of rotatable bonds is 11. The van der Waals surface area contributed by atoms with Crippen LogP contribution in [0.15, 0.2) is 29.8 Å². The lowest BCUT2D eigenvalue weighted by Gasteiger charge is -2.48. The molecule has 12 nitrogen and oxygen atoms in total. The predicted octanol–water partition coefficient (Wildman–Crippen LogP) is 0.488. The zero-order valence-corrected chi connectivity index (χ0v) is 28.4. The number of carbonyl (C=O) groups is 3. The summed E-state index contributed by atoms with van der Waals surface area (Å²) < 4.78 is 0. The number of aromatic nitrogens is 1. The van der Waals surface area contributed by atoms with Gasteiger partial charge in [0.15, 0.2) is 0 Å². The first-order chi connectivity index (χ1) is 21.9. The Labute approximate surface area is 276 Å². The SMILES string of the molecule is Cc1ncsc1-c1ccc(CNC(=O)[C@@H]2C[C@@H](O)CN2C(=O)[C@@H](NC(=O)CN2CCN(C3CN(CCN)C3)CC2)C(C)(C)C)cc1. The first kappa shape index (κ1) is 34.4. The van der Waals surface area contributed by atoms with Gasteiger partial charge in [-0.1, -0.05) is 45.0 Å². The van der Waals surface area contributed by atoms with E-state index in [1.54, 1.807) is 11.3 Å². The highest BCUT2D eigenvalue weighted by Gasteiger charge is 2.44. The van der Waals surface area contributed by atoms with Crippen LogP contribution in [0.5, 0.6) is 0 Å². The molecule has 0 spiro atoms. The number of benzene rings is 1. The van der Waals surface area contributed by atoms with Gasteiger partial charge in [-0.25, -0.2) is 4.98 Å². The number of piperazine rings is 1. The van der Waals surface area contributed by atoms with Crippen LogP contribution in [0.3, 0.4) is 0 Å². The van der Waals surface area contributed by atoms with E-state index in [2.05, 4.69) is 30.3 Å². The number of thiazole rings is 1. The van der Waals surface area contributed by atoms with Crippen molar-refractivity contribution in [3.05, 3.63) is 41.0 Å². The van der Waals surface area contributed by atoms with Gasteiger partial charge in [-0.15, -0.1) is 11.3 Å². The van der Waals surface area contributed by atoms with Crippen molar-refractivity contribution in [1.29, 1.82) is 0 Å². The van der Waals surface area contributed by atoms with Crippen molar-refractivity contribution >= 4 is 29.1 Å². The summed E-state index contributed by atoms with van der Waals surface area (Å²) in [6.07, 6.45) is -0.659. The fourth-order valence-corrected chi connectivity index (χ4v) is 7.43. The van der Waals surface area contributed by atoms with Gasteiger partial charge < -0.3 is 26.4 Å². The second-order valence-corrected chi connectivity index (χ2v) is 14.8. The molecule has 3 amide bonds. The maximum absolute atomic E-state index is 13.9. The molecule has 3 atom stereocenters. The summed E-state index contributed by atoms with van der Waals surface area (Å²) in [6.45, 7) is 15.4. The molecule has 5 rings (SSSR count). The lowest BCUT2D eigenvalue weighted by atomic mass is 9.85. The number of β-amino-alcohol motifs (C(OH)–C–C–N with tert-alkyl or cyclic N) is 1. The molecule has 0 saturated carbocycles. The average molecular weight is 655 g/mol. The molecule has 0 radical (unpaired) electrons. The molecule has 3 aliphatic rings. The Kier molecular flexibility index (Phi) is 11.1. The monoisotopic (exact) mass is 654 g/mol. The first-order valence-corrected chi connectivity index (χ1v) is 17.2. The van der Waals surface area contributed by atoms with E-state index < -0.39 is 23.6 Å². The van der Waals surface area contributed by atoms with Crippen LogP contribution in [0.1, 0.15) is 38.4 Å². The van der Waals surface area contributed by atoms with Crippen LogP contribution < -0.4 is 16.4 Å². The van der Waals surface area contributed by atoms with Crippen molar-refractivity contribution in [2.75, 3.05) is 65.4 Å². The van der Waals surface area contributed by atoms with Gasteiger partial charge in [0.05, 0.1) is 28.7 Å². The maximum Gasteiger partial charge on any atom is 0.246 e. The highest BCUT2D eigenvalue weighted by molar-refractivity contribution is 7.13. The molecule has 5 N–H and O–H groups in total. The van der Waals surface area contributed by atoms with E-state index in [-0.39, 0.29) is 37.2 Å². The van der Waals surface area contributed by atoms with Crippen molar-refractivity contribution in [3.8, 4) is 10.4 Å². The van der Waals surface area contributed by atoms with Crippen molar-refractivity contribution in [1.82, 2.24) is 35.2 Å². The van der Waals surface area contributed by atoms with E-state index >= 15 is 0 Å². The highest BCUT2D eigenvalue weighted by atomic mass is 32.1. The predicted molar refractivity (Wildman–Crippen MR) is 179 cm³/mol. The van der Waals surface area contributed by atoms with E-state index in [1.807, 2.05) is 57.5 Å². The van der Waals surface area contributed by atoms with E-state index in [0.717, 1.165) is 67.5 Å². The summed E-state index contributed by atoms with van der Waals surface area (Å²) in [5.74, 6) is -0.877. The molecule has 1 aromatic heterocycles. The number of aryl methyl sites for hydroxylation is 1. The number of nitrogens with one attached hydrogen (secondary N) is 2. The number of amides is 3. The van der Waals surface area contributed by atoms with Gasteiger partial charge in [-0.05, 0) is 23.5 Å². The van der Waals surface area contributed by atoms with Gasteiger partial charge in [0.2, 0.25) is 17.7 Å². The number of aliphatic hydroxyl groups is 1. The number of hydrogen-bond donors (Lipinski definition) is 4. The van der Waals surface area contributed by atoms with Crippen LogP contribution in [-0.4, -0.2) is 137 Å². The third kappa shape index (κ3) is 8.31. The summed E-state index contributed by atoms with van der Waals surface area (Å²) in [5, 5.41) is 16.5. The molecular weight excluding hydrogens is 604 g/mol. The van der Waals surface area contributed by atoms with Crippen LogP contribution in [0, 0.1) is 12.3 Å². The molecule has 4 heterocycles. The first-order valence-electron chi connectivity index (χ1n) is 16.4. The van der Waals surface area contributed by atoms with Gasteiger partial charge in [0.1, 0.15) is 12.1 Å². The number of likely N-dealkylation sites (tertiary alicyclic amines) is 2. The van der Waals surface area contributed by atoms with Crippen LogP contribution in [0.25, 0.3) is 10.4 Å². The molecule has 2 aromatic rings. The topological polar surface area (TPSA) is 147 Å². The summed E-state index contributed by atoms with van der Waals surface area (Å²) in [5.41, 5.74) is 9.88. The molecule has 46 heavy (non-hydrogen) atoms. The number of hydrogen-bond acceptors (Lipinski definition) is 10. The summed E-state index contributed by atoms with van der Waals surface area (Å²) in [6, 6.07) is 6.87. The Balaban J connectivity index is 1.13. The minimum absolute atomic E-state index is 0.0497. The molecule has 3 saturated heterocycles. The number of aliphatic hydroxyl groups excluding tert-OH is 1. The minimum atomic E-state index is -0.840. The third-order valence-corrected chi connectivity index (χ3v) is 10.4. The molecule has 0 bridgehead atoms. The number of nitrogens with zero attached hydrogens (tertiary/aromatic N) is 5. The Morgan fingerprint density at radius 3 is 2.37 bits per heavy atom. The Hall–Kier alpha value is -2.94. The molecule has 252 valence electrons. The Bertz CT molecular complexity index is 1350. The van der Waals surface area contributed by atoms with Crippen LogP contribution in [0.2, 0.25) is 0 Å². The highest BCUT2D eigenvalue weighted by Crippen LogP contribution is 2.28. The molecule has 1 aromatic carbocycles. The zero-order chi connectivity index (χ0) is 33.0. The number of carbonyl (C=O) groups excluding carboxylic acids is 3. The van der Waals surface area contributed by atoms with E-state index in [4.69, 9.17) is 5.73 Å². The fraction of sp³-hybridized carbons (Fsp3) is 0.636. The van der Waals surface area contributed by atoms with Gasteiger partial charge in [-0.3, -0.25) is 29.1 Å². The van der Waals surface area contributed by atoms with E-state index in [1.165, 1.54) is 4.90 Å². The average Bonchev–Trinajstić information content (AvgIpc) is 3.61. The van der Waals surface area contributed by atoms with Crippen LogP contribution in [-0.2, 0) is 20.9 Å². The molecular formula is C33H50N8O4S. The maximum atomic E-state index is 13.9. The largest absolute Gasteiger partial charge is 0.391 e. The standard InChI is InChI=1S/C33H50N8O4S/c1-22-29(46-21-36-22)24-7-5-23(6-8-24)16-35-31(44)27-15-26(42)19-41(27)32(45)30(33(2,3)4)37-28(43)20-38-11-13-40(14-12-38)25-17-39(18-25)10-9-34/h5-8,21,25-27,30,42H,9-20,34H2,1-4H3,(H,35,44)(H,37,43)/t26-,27+,30-/m1/s1. The second-order valence-electron chi connectivity index (χ2n) is 14.0. The van der Waals surface area contributed by atoms with Crippen molar-refractivity contribution in [2.45, 2.75) is 64.9 Å². The van der Waals surface area contributed by atoms with E-state index in [9.17, 15) is 19.5 Å². The lowest BCUT2D eigenvalue weighted by Crippen LogP contribution is -2.64. The van der Waals surface area contributed by atoms with Gasteiger partial charge in [0.25, 0.3) is 0 Å². The minimum Gasteiger partial charge on any atom is -0.391 e. The van der Waals surface area contributed by atoms with Crippen molar-refractivity contribution in [2.24, 2.45) is 11.1 Å². The normalized spacial score (nSPS) is 22.4. The van der Waals surface area contributed by atoms with Crippen LogP contribution in [0.4, 0.5) is 0 Å². The van der Waals surface area contributed by atoms with Crippen molar-refractivity contribution in [3.63, 3.8) is 0 Å². The van der Waals surface area contributed by atoms with Gasteiger partial charge in [0, 0.05) is 77.9 Å². The van der Waals surface area contributed by atoms with E-state index in [0.29, 0.717) is 19.1 Å². The molecule has 0 aliphatic carbocycles. The Morgan fingerprint density at radius 1 is 1.07 bits per heavy atom. The second kappa shape index (κ2) is 14.9. The smallest absolute Gasteiger partial charge is 0.246 e. The summed E-state index contributed by atoms with van der Waals surface area (Å²) in [4.78, 5) is 54.4. The zero-order valence-electron chi connectivity index (χ0n) is 27.6. The molecule has 3 aliphatic heterocycles. The molecule has 13 heteroatoms. The third-order valence-electron chi connectivity index (χ3n) is 9.39. The molecule has 0 unspecified atom stereocenters. The number of nitrogens with two attached hydrogens (primary N) is 1. The van der Waals surface area contributed by atoms with Gasteiger partial charge >= 0.3 is 0 Å². The van der Waals surface area contributed by atoms with Crippen LogP contribution >= 0.6 is 11.3 Å². The summed E-state index contributed by atoms with van der Waals surface area (Å²) in [7, 11) is 0. The Morgan fingerprint density at radius 2 is 1.76 bits per heavy atom. The van der Waals surface area contributed by atoms with Gasteiger partial charge in [-0.2, -0.15) is 0 Å². The lowest BCUT2D eigenvalue weighted by molar-refractivity contribution is -0.144. The van der Waals surface area contributed by atoms with Crippen molar-refractivity contribution < 1.29 is 19.5 Å². The molecule has 3 fully saturated rings.